The average molecular weight is 426 g/mol. The van der Waals surface area contributed by atoms with Crippen molar-refractivity contribution in [3.8, 4) is 0 Å². The van der Waals surface area contributed by atoms with Crippen LogP contribution in [0.25, 0.3) is 0 Å². The minimum absolute atomic E-state index is 0.105. The molecule has 0 bridgehead atoms. The number of imide groups is 1. The molecule has 2 N–H and O–H groups in total. The summed E-state index contributed by atoms with van der Waals surface area (Å²) >= 11 is 0. The van der Waals surface area contributed by atoms with Crippen LogP contribution in [0.15, 0.2) is 29.2 Å². The van der Waals surface area contributed by atoms with Gasteiger partial charge in [0, 0.05) is 13.1 Å². The second-order valence-electron chi connectivity index (χ2n) is 6.85. The summed E-state index contributed by atoms with van der Waals surface area (Å²) in [6.45, 7) is 3.66. The molecule has 0 aliphatic carbocycles. The zero-order chi connectivity index (χ0) is 21.4. The lowest BCUT2D eigenvalue weighted by atomic mass is 10.1. The number of aryl methyl sites for hydroxylation is 1. The highest BCUT2D eigenvalue weighted by molar-refractivity contribution is 7.89. The molecule has 1 aromatic rings. The fraction of sp³-hybridized carbons (Fsp3) is 0.526. The van der Waals surface area contributed by atoms with Crippen LogP contribution in [0.5, 0.6) is 0 Å². The van der Waals surface area contributed by atoms with E-state index >= 15 is 0 Å². The van der Waals surface area contributed by atoms with Gasteiger partial charge >= 0.3 is 12.0 Å². The fourth-order valence-electron chi connectivity index (χ4n) is 2.95. The lowest BCUT2D eigenvalue weighted by Crippen LogP contribution is -2.49. The first kappa shape index (κ1) is 22.8. The van der Waals surface area contributed by atoms with Crippen molar-refractivity contribution in [1.29, 1.82) is 0 Å². The molecule has 1 aromatic carbocycles. The van der Waals surface area contributed by atoms with E-state index in [1.807, 2.05) is 19.2 Å². The summed E-state index contributed by atoms with van der Waals surface area (Å²) < 4.78 is 32.1. The first-order valence-corrected chi connectivity index (χ1v) is 11.0. The molecule has 0 saturated carbocycles. The van der Waals surface area contributed by atoms with Gasteiger partial charge in [0.15, 0.2) is 6.61 Å². The highest BCUT2D eigenvalue weighted by atomic mass is 32.2. The monoisotopic (exact) mass is 425 g/mol. The molecule has 0 radical (unpaired) electrons. The van der Waals surface area contributed by atoms with E-state index in [2.05, 4.69) is 5.32 Å². The van der Waals surface area contributed by atoms with Crippen molar-refractivity contribution in [2.24, 2.45) is 0 Å². The van der Waals surface area contributed by atoms with Gasteiger partial charge in [-0.05, 0) is 44.7 Å². The normalized spacial score (nSPS) is 17.4. The van der Waals surface area contributed by atoms with Crippen molar-refractivity contribution in [3.63, 3.8) is 0 Å². The van der Waals surface area contributed by atoms with Crippen molar-refractivity contribution in [2.75, 3.05) is 19.7 Å². The number of ether oxygens (including phenoxy) is 1. The Kier molecular flexibility index (Phi) is 8.15. The Morgan fingerprint density at radius 3 is 2.52 bits per heavy atom. The second kappa shape index (κ2) is 10.4. The van der Waals surface area contributed by atoms with Crippen LogP contribution in [0.4, 0.5) is 4.79 Å². The molecule has 29 heavy (non-hydrogen) atoms. The van der Waals surface area contributed by atoms with Crippen molar-refractivity contribution in [1.82, 2.24) is 14.9 Å². The maximum absolute atomic E-state index is 13.0. The average Bonchev–Trinajstić information content (AvgIpc) is 2.70. The van der Waals surface area contributed by atoms with Gasteiger partial charge in [-0.2, -0.15) is 4.31 Å². The SMILES string of the molecule is CCCNC(=O)NC(=O)COC(=O)[C@H]1CCCCN1S(=O)(=O)c1ccc(C)cc1. The van der Waals surface area contributed by atoms with Gasteiger partial charge in [-0.25, -0.2) is 13.2 Å². The van der Waals surface area contributed by atoms with Crippen molar-refractivity contribution >= 4 is 27.9 Å². The zero-order valence-electron chi connectivity index (χ0n) is 16.6. The van der Waals surface area contributed by atoms with E-state index in [1.54, 1.807) is 12.1 Å². The molecular formula is C19H27N3O6S. The van der Waals surface area contributed by atoms with E-state index in [4.69, 9.17) is 4.74 Å². The Bertz CT molecular complexity index is 838. The summed E-state index contributed by atoms with van der Waals surface area (Å²) in [6, 6.07) is 4.72. The van der Waals surface area contributed by atoms with Crippen LogP contribution in [0, 0.1) is 6.92 Å². The van der Waals surface area contributed by atoms with Gasteiger partial charge in [0.25, 0.3) is 5.91 Å². The van der Waals surface area contributed by atoms with E-state index in [0.717, 1.165) is 9.87 Å². The van der Waals surface area contributed by atoms with Crippen LogP contribution in [0.3, 0.4) is 0 Å². The maximum atomic E-state index is 13.0. The van der Waals surface area contributed by atoms with E-state index in [9.17, 15) is 22.8 Å². The minimum Gasteiger partial charge on any atom is -0.454 e. The highest BCUT2D eigenvalue weighted by Gasteiger charge is 2.38. The van der Waals surface area contributed by atoms with E-state index in [0.29, 0.717) is 32.2 Å². The Morgan fingerprint density at radius 2 is 1.86 bits per heavy atom. The van der Waals surface area contributed by atoms with Crippen LogP contribution < -0.4 is 10.6 Å². The third-order valence-corrected chi connectivity index (χ3v) is 6.41. The molecule has 1 aliphatic rings. The fourth-order valence-corrected chi connectivity index (χ4v) is 4.60. The Labute approximate surface area is 170 Å². The largest absolute Gasteiger partial charge is 0.454 e. The Hall–Kier alpha value is -2.46. The van der Waals surface area contributed by atoms with Gasteiger partial charge in [-0.1, -0.05) is 24.6 Å². The van der Waals surface area contributed by atoms with Gasteiger partial charge in [0.2, 0.25) is 10.0 Å². The number of amides is 3. The smallest absolute Gasteiger partial charge is 0.324 e. The summed E-state index contributed by atoms with van der Waals surface area (Å²) in [6.07, 6.45) is 2.32. The predicted octanol–water partition coefficient (Wildman–Crippen LogP) is 1.32. The van der Waals surface area contributed by atoms with Gasteiger partial charge in [-0.3, -0.25) is 14.9 Å². The number of nitrogens with one attached hydrogen (secondary N) is 2. The van der Waals surface area contributed by atoms with Crippen LogP contribution >= 0.6 is 0 Å². The van der Waals surface area contributed by atoms with Crippen LogP contribution in [0.1, 0.15) is 38.2 Å². The predicted molar refractivity (Wildman–Crippen MR) is 106 cm³/mol. The molecule has 0 aromatic heterocycles. The molecule has 1 saturated heterocycles. The summed E-state index contributed by atoms with van der Waals surface area (Å²) in [4.78, 5) is 35.8. The molecule has 1 heterocycles. The number of hydrogen-bond donors (Lipinski definition) is 2. The van der Waals surface area contributed by atoms with Crippen LogP contribution in [0.2, 0.25) is 0 Å². The molecule has 0 spiro atoms. The number of carbonyl (C=O) groups excluding carboxylic acids is 3. The molecule has 1 fully saturated rings. The standard InChI is InChI=1S/C19H27N3O6S/c1-3-11-20-19(25)21-17(23)13-28-18(24)16-6-4-5-12-22(16)29(26,27)15-9-7-14(2)8-10-15/h7-10,16H,3-6,11-13H2,1-2H3,(H2,20,21,23,25)/t16-/m1/s1. The third kappa shape index (κ3) is 6.26. The molecule has 3 amide bonds. The van der Waals surface area contributed by atoms with E-state index in [1.165, 1.54) is 12.1 Å². The first-order chi connectivity index (χ1) is 13.8. The number of carbonyl (C=O) groups is 3. The van der Waals surface area contributed by atoms with Gasteiger partial charge in [0.1, 0.15) is 6.04 Å². The van der Waals surface area contributed by atoms with Crippen molar-refractivity contribution in [2.45, 2.75) is 50.5 Å². The van der Waals surface area contributed by atoms with Gasteiger partial charge in [-0.15, -0.1) is 0 Å². The molecule has 1 aliphatic heterocycles. The number of sulfonamides is 1. The number of hydrogen-bond acceptors (Lipinski definition) is 6. The van der Waals surface area contributed by atoms with Crippen LogP contribution in [-0.2, 0) is 24.3 Å². The molecule has 160 valence electrons. The van der Waals surface area contributed by atoms with Gasteiger partial charge < -0.3 is 10.1 Å². The summed E-state index contributed by atoms with van der Waals surface area (Å²) in [7, 11) is -3.87. The quantitative estimate of drug-likeness (QED) is 0.636. The highest BCUT2D eigenvalue weighted by Crippen LogP contribution is 2.26. The summed E-state index contributed by atoms with van der Waals surface area (Å²) in [5.41, 5.74) is 0.924. The molecule has 2 rings (SSSR count). The maximum Gasteiger partial charge on any atom is 0.324 e. The lowest BCUT2D eigenvalue weighted by Gasteiger charge is -2.32. The van der Waals surface area contributed by atoms with Crippen molar-refractivity contribution in [3.05, 3.63) is 29.8 Å². The molecule has 0 unspecified atom stereocenters. The van der Waals surface area contributed by atoms with Gasteiger partial charge in [0.05, 0.1) is 4.90 Å². The number of nitrogens with zero attached hydrogens (tertiary/aromatic N) is 1. The van der Waals surface area contributed by atoms with Crippen LogP contribution in [-0.4, -0.2) is 56.4 Å². The molecule has 10 heteroatoms. The Balaban J connectivity index is 2.01. The number of esters is 1. The first-order valence-electron chi connectivity index (χ1n) is 9.58. The number of urea groups is 1. The topological polar surface area (TPSA) is 122 Å². The second-order valence-corrected chi connectivity index (χ2v) is 8.74. The molecule has 9 nitrogen and oxygen atoms in total. The molecular weight excluding hydrogens is 398 g/mol. The summed E-state index contributed by atoms with van der Waals surface area (Å²) in [5.74, 6) is -1.58. The Morgan fingerprint density at radius 1 is 1.17 bits per heavy atom. The number of piperidine rings is 1. The third-order valence-electron chi connectivity index (χ3n) is 4.49. The number of benzene rings is 1. The number of rotatable bonds is 7. The summed E-state index contributed by atoms with van der Waals surface area (Å²) in [5, 5.41) is 4.51. The zero-order valence-corrected chi connectivity index (χ0v) is 17.5. The van der Waals surface area contributed by atoms with E-state index in [-0.39, 0.29) is 11.4 Å². The van der Waals surface area contributed by atoms with E-state index < -0.39 is 40.6 Å². The van der Waals surface area contributed by atoms with Crippen molar-refractivity contribution < 1.29 is 27.5 Å². The lowest BCUT2D eigenvalue weighted by molar-refractivity contribution is -0.152. The molecule has 1 atom stereocenters. The minimum atomic E-state index is -3.87.